The minimum Gasteiger partial charge on any atom is -0.341 e. The van der Waals surface area contributed by atoms with E-state index in [-0.39, 0.29) is 5.91 Å². The Hall–Kier alpha value is -1.56. The van der Waals surface area contributed by atoms with Crippen LogP contribution in [-0.4, -0.2) is 44.6 Å². The maximum Gasteiger partial charge on any atom is 0.246 e. The second kappa shape index (κ2) is 7.34. The molecule has 0 saturated carbocycles. The molecule has 1 aliphatic heterocycles. The van der Waals surface area contributed by atoms with Crippen LogP contribution < -0.4 is 4.31 Å². The van der Waals surface area contributed by atoms with Crippen molar-refractivity contribution in [3.05, 3.63) is 29.8 Å². The molecule has 2 rings (SSSR count). The van der Waals surface area contributed by atoms with Crippen LogP contribution in [0.15, 0.2) is 24.3 Å². The van der Waals surface area contributed by atoms with Crippen molar-refractivity contribution in [1.82, 2.24) is 4.90 Å². The molecule has 1 fully saturated rings. The number of benzene rings is 1. The van der Waals surface area contributed by atoms with Gasteiger partial charge in [0.1, 0.15) is 6.04 Å². The van der Waals surface area contributed by atoms with Gasteiger partial charge in [-0.2, -0.15) is 0 Å². The van der Waals surface area contributed by atoms with Crippen LogP contribution in [0, 0.1) is 6.92 Å². The number of sulfonamides is 1. The summed E-state index contributed by atoms with van der Waals surface area (Å²) in [7, 11) is -3.54. The van der Waals surface area contributed by atoms with E-state index in [1.165, 1.54) is 10.6 Å². The zero-order valence-electron chi connectivity index (χ0n) is 14.2. The molecule has 1 aromatic carbocycles. The number of hydrogen-bond donors (Lipinski definition) is 0. The summed E-state index contributed by atoms with van der Waals surface area (Å²) in [5, 5.41) is 0. The van der Waals surface area contributed by atoms with Gasteiger partial charge in [-0.15, -0.1) is 0 Å². The van der Waals surface area contributed by atoms with Gasteiger partial charge < -0.3 is 4.90 Å². The first-order chi connectivity index (χ1) is 10.8. The molecule has 1 unspecified atom stereocenters. The van der Waals surface area contributed by atoms with Gasteiger partial charge in [-0.05, 0) is 44.7 Å². The lowest BCUT2D eigenvalue weighted by Crippen LogP contribution is -2.51. The Morgan fingerprint density at radius 2 is 1.74 bits per heavy atom. The molecule has 0 bridgehead atoms. The molecule has 0 spiro atoms. The summed E-state index contributed by atoms with van der Waals surface area (Å²) in [5.74, 6) is -0.0850. The highest BCUT2D eigenvalue weighted by Gasteiger charge is 2.34. The number of amides is 1. The fourth-order valence-electron chi connectivity index (χ4n) is 3.06. The van der Waals surface area contributed by atoms with Gasteiger partial charge in [-0.3, -0.25) is 9.10 Å². The standard InChI is InChI=1S/C17H26N2O3S/c1-4-16(17(20)18-12-6-5-7-13-18)19(23(3,21)22)15-10-8-14(2)9-11-15/h8-11,16H,4-7,12-13H2,1-3H3. The molecule has 0 N–H and O–H groups in total. The number of piperidine rings is 1. The number of hydrogen-bond acceptors (Lipinski definition) is 3. The largest absolute Gasteiger partial charge is 0.341 e. The number of carbonyl (C=O) groups excluding carboxylic acids is 1. The lowest BCUT2D eigenvalue weighted by Gasteiger charge is -2.35. The van der Waals surface area contributed by atoms with E-state index < -0.39 is 16.1 Å². The number of anilines is 1. The van der Waals surface area contributed by atoms with Gasteiger partial charge in [0.2, 0.25) is 15.9 Å². The van der Waals surface area contributed by atoms with Crippen molar-refractivity contribution in [2.75, 3.05) is 23.7 Å². The molecule has 128 valence electrons. The van der Waals surface area contributed by atoms with Crippen LogP contribution >= 0.6 is 0 Å². The molecular weight excluding hydrogens is 312 g/mol. The second-order valence-electron chi connectivity index (χ2n) is 6.20. The van der Waals surface area contributed by atoms with E-state index in [1.54, 1.807) is 12.1 Å². The van der Waals surface area contributed by atoms with Crippen LogP contribution in [0.1, 0.15) is 38.2 Å². The highest BCUT2D eigenvalue weighted by molar-refractivity contribution is 7.92. The molecule has 1 saturated heterocycles. The lowest BCUT2D eigenvalue weighted by atomic mass is 10.1. The summed E-state index contributed by atoms with van der Waals surface area (Å²) < 4.78 is 26.0. The molecule has 5 nitrogen and oxygen atoms in total. The molecule has 0 aliphatic carbocycles. The average molecular weight is 338 g/mol. The highest BCUT2D eigenvalue weighted by Crippen LogP contribution is 2.24. The summed E-state index contributed by atoms with van der Waals surface area (Å²) >= 11 is 0. The molecule has 6 heteroatoms. The van der Waals surface area contributed by atoms with Gasteiger partial charge in [0.15, 0.2) is 0 Å². The Morgan fingerprint density at radius 1 is 1.17 bits per heavy atom. The third kappa shape index (κ3) is 4.25. The van der Waals surface area contributed by atoms with E-state index in [0.29, 0.717) is 12.1 Å². The predicted molar refractivity (Wildman–Crippen MR) is 93.0 cm³/mol. The van der Waals surface area contributed by atoms with Crippen LogP contribution in [0.25, 0.3) is 0 Å². The van der Waals surface area contributed by atoms with Crippen molar-refractivity contribution in [1.29, 1.82) is 0 Å². The average Bonchev–Trinajstić information content (AvgIpc) is 2.53. The van der Waals surface area contributed by atoms with Crippen LogP contribution in [0.3, 0.4) is 0 Å². The zero-order chi connectivity index (χ0) is 17.0. The summed E-state index contributed by atoms with van der Waals surface area (Å²) in [6.07, 6.45) is 4.74. The van der Waals surface area contributed by atoms with E-state index in [0.717, 1.165) is 37.9 Å². The van der Waals surface area contributed by atoms with Crippen LogP contribution in [-0.2, 0) is 14.8 Å². The topological polar surface area (TPSA) is 57.7 Å². The molecule has 1 aliphatic rings. The molecular formula is C17H26N2O3S. The molecule has 0 radical (unpaired) electrons. The number of nitrogens with zero attached hydrogens (tertiary/aromatic N) is 2. The van der Waals surface area contributed by atoms with Crippen molar-refractivity contribution in [3.8, 4) is 0 Å². The monoisotopic (exact) mass is 338 g/mol. The first-order valence-corrected chi connectivity index (χ1v) is 10.0. The highest BCUT2D eigenvalue weighted by atomic mass is 32.2. The SMILES string of the molecule is CCC(C(=O)N1CCCCC1)N(c1ccc(C)cc1)S(C)(=O)=O. The number of aryl methyl sites for hydroxylation is 1. The molecule has 1 atom stereocenters. The zero-order valence-corrected chi connectivity index (χ0v) is 15.0. The summed E-state index contributed by atoms with van der Waals surface area (Å²) in [5.41, 5.74) is 1.60. The van der Waals surface area contributed by atoms with Gasteiger partial charge in [0.25, 0.3) is 0 Å². The van der Waals surface area contributed by atoms with Gasteiger partial charge >= 0.3 is 0 Å². The van der Waals surface area contributed by atoms with Crippen LogP contribution in [0.5, 0.6) is 0 Å². The normalized spacial score (nSPS) is 16.9. The summed E-state index contributed by atoms with van der Waals surface area (Å²) in [4.78, 5) is 14.7. The Balaban J connectivity index is 2.35. The van der Waals surface area contributed by atoms with E-state index in [2.05, 4.69) is 0 Å². The third-order valence-electron chi connectivity index (χ3n) is 4.27. The first-order valence-electron chi connectivity index (χ1n) is 8.19. The number of carbonyl (C=O) groups is 1. The van der Waals surface area contributed by atoms with E-state index in [9.17, 15) is 13.2 Å². The molecule has 1 aromatic rings. The molecule has 1 amide bonds. The van der Waals surface area contributed by atoms with Gasteiger partial charge in [0.05, 0.1) is 11.9 Å². The maximum absolute atomic E-state index is 12.9. The van der Waals surface area contributed by atoms with Gasteiger partial charge in [-0.25, -0.2) is 8.42 Å². The maximum atomic E-state index is 12.9. The number of rotatable bonds is 5. The first kappa shape index (κ1) is 17.8. The second-order valence-corrected chi connectivity index (χ2v) is 8.06. The van der Waals surface area contributed by atoms with E-state index in [4.69, 9.17) is 0 Å². The molecule has 23 heavy (non-hydrogen) atoms. The number of likely N-dealkylation sites (tertiary alicyclic amines) is 1. The summed E-state index contributed by atoms with van der Waals surface area (Å²) in [6.45, 7) is 5.26. The van der Waals surface area contributed by atoms with E-state index in [1.807, 2.05) is 30.9 Å². The Bertz CT molecular complexity index is 634. The van der Waals surface area contributed by atoms with Crippen molar-refractivity contribution < 1.29 is 13.2 Å². The van der Waals surface area contributed by atoms with E-state index >= 15 is 0 Å². The fraction of sp³-hybridized carbons (Fsp3) is 0.588. The minimum absolute atomic E-state index is 0.0850. The van der Waals surface area contributed by atoms with Crippen LogP contribution in [0.2, 0.25) is 0 Å². The Labute approximate surface area is 139 Å². The van der Waals surface area contributed by atoms with Crippen molar-refractivity contribution >= 4 is 21.6 Å². The van der Waals surface area contributed by atoms with Gasteiger partial charge in [-0.1, -0.05) is 24.6 Å². The van der Waals surface area contributed by atoms with Crippen LogP contribution in [0.4, 0.5) is 5.69 Å². The van der Waals surface area contributed by atoms with Gasteiger partial charge in [0, 0.05) is 13.1 Å². The molecule has 0 aromatic heterocycles. The quantitative estimate of drug-likeness (QED) is 0.829. The molecule has 1 heterocycles. The third-order valence-corrected chi connectivity index (χ3v) is 5.45. The van der Waals surface area contributed by atoms with Crippen molar-refractivity contribution in [2.45, 2.75) is 45.6 Å². The lowest BCUT2D eigenvalue weighted by molar-refractivity contribution is -0.133. The van der Waals surface area contributed by atoms with Crippen molar-refractivity contribution in [3.63, 3.8) is 0 Å². The minimum atomic E-state index is -3.54. The fourth-order valence-corrected chi connectivity index (χ4v) is 4.27. The predicted octanol–water partition coefficient (Wildman–Crippen LogP) is 2.55. The Kier molecular flexibility index (Phi) is 5.68. The summed E-state index contributed by atoms with van der Waals surface area (Å²) in [6, 6.07) is 6.59. The Morgan fingerprint density at radius 3 is 2.22 bits per heavy atom. The van der Waals surface area contributed by atoms with Crippen molar-refractivity contribution in [2.24, 2.45) is 0 Å². The smallest absolute Gasteiger partial charge is 0.246 e.